The Kier molecular flexibility index (Phi) is 12.7. The van der Waals surface area contributed by atoms with Crippen molar-refractivity contribution in [1.82, 2.24) is 0 Å². The van der Waals surface area contributed by atoms with Crippen LogP contribution in [0.25, 0.3) is 0 Å². The molecule has 28 heavy (non-hydrogen) atoms. The number of esters is 1. The Hall–Kier alpha value is -1.51. The minimum Gasteiger partial charge on any atom is -0.507 e. The Morgan fingerprint density at radius 2 is 1.54 bits per heavy atom. The van der Waals surface area contributed by atoms with Crippen LogP contribution in [0.15, 0.2) is 12.1 Å². The summed E-state index contributed by atoms with van der Waals surface area (Å²) in [5.41, 5.74) is 2.15. The topological polar surface area (TPSA) is 46.5 Å². The van der Waals surface area contributed by atoms with Crippen LogP contribution in [0.3, 0.4) is 0 Å². The molecule has 0 unspecified atom stereocenters. The van der Waals surface area contributed by atoms with Crippen LogP contribution < -0.4 is 0 Å². The van der Waals surface area contributed by atoms with E-state index in [1.807, 2.05) is 6.92 Å². The summed E-state index contributed by atoms with van der Waals surface area (Å²) in [6, 6.07) is 3.53. The van der Waals surface area contributed by atoms with Crippen molar-refractivity contribution in [2.75, 3.05) is 6.61 Å². The molecule has 1 aromatic rings. The van der Waals surface area contributed by atoms with Gasteiger partial charge in [-0.25, -0.2) is 4.79 Å². The van der Waals surface area contributed by atoms with Gasteiger partial charge in [0, 0.05) is 0 Å². The second-order valence-electron chi connectivity index (χ2n) is 8.55. The fourth-order valence-corrected chi connectivity index (χ4v) is 3.44. The standard InChI is InChI=1S/C25H42O3/c1-5-6-7-8-9-10-11-12-13-14-17-28-25(27)23-18-21(4)24(26)22(19-23)16-15-20(2)3/h18-20,26H,5-17H2,1-4H3. The van der Waals surface area contributed by atoms with Gasteiger partial charge < -0.3 is 9.84 Å². The molecule has 0 radical (unpaired) electrons. The molecule has 1 N–H and O–H groups in total. The molecule has 3 nitrogen and oxygen atoms in total. The minimum absolute atomic E-state index is 0.273. The molecular weight excluding hydrogens is 348 g/mol. The summed E-state index contributed by atoms with van der Waals surface area (Å²) in [6.07, 6.45) is 14.4. The van der Waals surface area contributed by atoms with Crippen molar-refractivity contribution in [2.45, 2.75) is 105 Å². The van der Waals surface area contributed by atoms with E-state index in [4.69, 9.17) is 4.74 Å². The van der Waals surface area contributed by atoms with Crippen molar-refractivity contribution in [3.05, 3.63) is 28.8 Å². The first-order valence-electron chi connectivity index (χ1n) is 11.4. The smallest absolute Gasteiger partial charge is 0.338 e. The van der Waals surface area contributed by atoms with E-state index >= 15 is 0 Å². The van der Waals surface area contributed by atoms with E-state index < -0.39 is 0 Å². The second-order valence-corrected chi connectivity index (χ2v) is 8.55. The number of phenols is 1. The highest BCUT2D eigenvalue weighted by Crippen LogP contribution is 2.26. The van der Waals surface area contributed by atoms with Gasteiger partial charge in [-0.2, -0.15) is 0 Å². The van der Waals surface area contributed by atoms with Crippen LogP contribution in [0.2, 0.25) is 0 Å². The molecule has 0 saturated carbocycles. The van der Waals surface area contributed by atoms with Crippen LogP contribution in [0.5, 0.6) is 5.75 Å². The van der Waals surface area contributed by atoms with Crippen molar-refractivity contribution >= 4 is 5.97 Å². The van der Waals surface area contributed by atoms with Gasteiger partial charge in [0.2, 0.25) is 0 Å². The van der Waals surface area contributed by atoms with Gasteiger partial charge in [-0.3, -0.25) is 0 Å². The van der Waals surface area contributed by atoms with Gasteiger partial charge in [-0.1, -0.05) is 78.6 Å². The van der Waals surface area contributed by atoms with Gasteiger partial charge in [0.1, 0.15) is 5.75 Å². The number of phenolic OH excluding ortho intramolecular Hbond substituents is 1. The Labute approximate surface area is 172 Å². The molecule has 1 rings (SSSR count). The number of hydrogen-bond donors (Lipinski definition) is 1. The van der Waals surface area contributed by atoms with Crippen molar-refractivity contribution in [2.24, 2.45) is 5.92 Å². The molecule has 0 amide bonds. The lowest BCUT2D eigenvalue weighted by Crippen LogP contribution is -2.08. The zero-order chi connectivity index (χ0) is 20.8. The fraction of sp³-hybridized carbons (Fsp3) is 0.720. The van der Waals surface area contributed by atoms with E-state index in [-0.39, 0.29) is 5.97 Å². The predicted octanol–water partition coefficient (Wildman–Crippen LogP) is 7.37. The third-order valence-electron chi connectivity index (χ3n) is 5.34. The average Bonchev–Trinajstić information content (AvgIpc) is 2.66. The number of hydrogen-bond acceptors (Lipinski definition) is 3. The molecule has 1 aromatic carbocycles. The van der Waals surface area contributed by atoms with Crippen LogP contribution in [0, 0.1) is 12.8 Å². The maximum atomic E-state index is 12.4. The van der Waals surface area contributed by atoms with Gasteiger partial charge in [0.25, 0.3) is 0 Å². The number of ether oxygens (including phenoxy) is 1. The van der Waals surface area contributed by atoms with E-state index in [1.165, 1.54) is 51.4 Å². The molecule has 160 valence electrons. The van der Waals surface area contributed by atoms with Crippen molar-refractivity contribution in [3.8, 4) is 5.75 Å². The Bertz CT molecular complexity index is 563. The molecule has 0 heterocycles. The van der Waals surface area contributed by atoms with Crippen LogP contribution in [-0.4, -0.2) is 17.7 Å². The summed E-state index contributed by atoms with van der Waals surface area (Å²) in [5.74, 6) is 0.600. The van der Waals surface area contributed by atoms with Crippen LogP contribution in [-0.2, 0) is 11.2 Å². The van der Waals surface area contributed by atoms with Gasteiger partial charge in [0.05, 0.1) is 12.2 Å². The first kappa shape index (κ1) is 24.5. The first-order chi connectivity index (χ1) is 13.5. The number of carbonyl (C=O) groups excluding carboxylic acids is 1. The first-order valence-corrected chi connectivity index (χ1v) is 11.4. The lowest BCUT2D eigenvalue weighted by Gasteiger charge is -2.12. The number of carbonyl (C=O) groups is 1. The lowest BCUT2D eigenvalue weighted by molar-refractivity contribution is 0.0497. The molecule has 0 aliphatic heterocycles. The monoisotopic (exact) mass is 390 g/mol. The molecule has 0 spiro atoms. The predicted molar refractivity (Wildman–Crippen MR) is 118 cm³/mol. The molecule has 0 saturated heterocycles. The summed E-state index contributed by atoms with van der Waals surface area (Å²) >= 11 is 0. The summed E-state index contributed by atoms with van der Waals surface area (Å²) < 4.78 is 5.45. The zero-order valence-corrected chi connectivity index (χ0v) is 18.7. The second kappa shape index (κ2) is 14.5. The number of rotatable bonds is 15. The van der Waals surface area contributed by atoms with E-state index in [2.05, 4.69) is 20.8 Å². The SMILES string of the molecule is CCCCCCCCCCCCOC(=O)c1cc(C)c(O)c(CCC(C)C)c1. The molecule has 0 fully saturated rings. The van der Waals surface area contributed by atoms with Crippen molar-refractivity contribution < 1.29 is 14.6 Å². The summed E-state index contributed by atoms with van der Waals surface area (Å²) in [7, 11) is 0. The molecule has 0 aromatic heterocycles. The number of aromatic hydroxyl groups is 1. The molecule has 0 aliphatic rings. The van der Waals surface area contributed by atoms with E-state index in [0.717, 1.165) is 36.8 Å². The highest BCUT2D eigenvalue weighted by molar-refractivity contribution is 5.90. The maximum absolute atomic E-state index is 12.4. The third kappa shape index (κ3) is 10.1. The Morgan fingerprint density at radius 3 is 2.11 bits per heavy atom. The third-order valence-corrected chi connectivity index (χ3v) is 5.34. The van der Waals surface area contributed by atoms with Crippen LogP contribution in [0.1, 0.15) is 113 Å². The number of aryl methyl sites for hydroxylation is 2. The van der Waals surface area contributed by atoms with Gasteiger partial charge in [-0.15, -0.1) is 0 Å². The largest absolute Gasteiger partial charge is 0.507 e. The van der Waals surface area contributed by atoms with Gasteiger partial charge in [-0.05, 0) is 55.4 Å². The highest BCUT2D eigenvalue weighted by atomic mass is 16.5. The molecular formula is C25H42O3. The van der Waals surface area contributed by atoms with E-state index in [9.17, 15) is 9.90 Å². The van der Waals surface area contributed by atoms with Gasteiger partial charge >= 0.3 is 5.97 Å². The lowest BCUT2D eigenvalue weighted by atomic mass is 9.98. The van der Waals surface area contributed by atoms with Crippen LogP contribution >= 0.6 is 0 Å². The van der Waals surface area contributed by atoms with E-state index in [0.29, 0.717) is 23.8 Å². The Balaban J connectivity index is 2.26. The van der Waals surface area contributed by atoms with Crippen LogP contribution in [0.4, 0.5) is 0 Å². The summed E-state index contributed by atoms with van der Waals surface area (Å²) in [4.78, 5) is 12.4. The molecule has 0 bridgehead atoms. The average molecular weight is 391 g/mol. The summed E-state index contributed by atoms with van der Waals surface area (Å²) in [6.45, 7) is 8.90. The zero-order valence-electron chi connectivity index (χ0n) is 18.7. The van der Waals surface area contributed by atoms with Gasteiger partial charge in [0.15, 0.2) is 0 Å². The quantitative estimate of drug-likeness (QED) is 0.251. The Morgan fingerprint density at radius 1 is 0.964 bits per heavy atom. The fourth-order valence-electron chi connectivity index (χ4n) is 3.44. The molecule has 3 heteroatoms. The number of unbranched alkanes of at least 4 members (excludes halogenated alkanes) is 9. The highest BCUT2D eigenvalue weighted by Gasteiger charge is 2.13. The summed E-state index contributed by atoms with van der Waals surface area (Å²) in [5, 5.41) is 10.2. The maximum Gasteiger partial charge on any atom is 0.338 e. The number of benzene rings is 1. The minimum atomic E-state index is -0.273. The molecule has 0 aliphatic carbocycles. The molecule has 0 atom stereocenters. The normalized spacial score (nSPS) is 11.2. The van der Waals surface area contributed by atoms with E-state index in [1.54, 1.807) is 12.1 Å². The van der Waals surface area contributed by atoms with Crippen molar-refractivity contribution in [1.29, 1.82) is 0 Å². The van der Waals surface area contributed by atoms with Crippen molar-refractivity contribution in [3.63, 3.8) is 0 Å².